The Balaban J connectivity index is 2.14. The first-order chi connectivity index (χ1) is 10.3. The largest absolute Gasteiger partial charge is 0.313 e. The minimum Gasteiger partial charge on any atom is -0.313 e. The van der Waals surface area contributed by atoms with Crippen molar-refractivity contribution < 1.29 is 0 Å². The maximum absolute atomic E-state index is 3.67. The molecule has 1 nitrogen and oxygen atoms in total. The van der Waals surface area contributed by atoms with Crippen LogP contribution in [0.4, 0.5) is 0 Å². The highest BCUT2D eigenvalue weighted by atomic mass is 32.2. The molecule has 0 amide bonds. The molecule has 0 heterocycles. The molecule has 0 aliphatic rings. The Bertz CT molecular complexity index is 546. The third kappa shape index (κ3) is 4.49. The van der Waals surface area contributed by atoms with Crippen molar-refractivity contribution in [3.63, 3.8) is 0 Å². The molecule has 0 aromatic heterocycles. The first kappa shape index (κ1) is 16.4. The van der Waals surface area contributed by atoms with Crippen LogP contribution in [-0.4, -0.2) is 17.8 Å². The van der Waals surface area contributed by atoms with Crippen LogP contribution in [0.15, 0.2) is 47.4 Å². The van der Waals surface area contributed by atoms with Crippen LogP contribution in [0.3, 0.4) is 0 Å². The monoisotopic (exact) mass is 301 g/mol. The van der Waals surface area contributed by atoms with Gasteiger partial charge in [-0.25, -0.2) is 0 Å². The summed E-state index contributed by atoms with van der Waals surface area (Å²) < 4.78 is 0. The first-order valence-corrected chi connectivity index (χ1v) is 9.05. The zero-order valence-electron chi connectivity index (χ0n) is 13.4. The lowest BCUT2D eigenvalue weighted by Gasteiger charge is -2.26. The van der Waals surface area contributed by atoms with Gasteiger partial charge in [-0.2, -0.15) is 0 Å². The van der Waals surface area contributed by atoms with E-state index < -0.39 is 0 Å². The van der Waals surface area contributed by atoms with E-state index in [2.05, 4.69) is 68.6 Å². The molecule has 0 bridgehead atoms. The van der Waals surface area contributed by atoms with Gasteiger partial charge in [0, 0.05) is 16.2 Å². The van der Waals surface area contributed by atoms with E-state index in [9.17, 15) is 0 Å². The van der Waals surface area contributed by atoms with Crippen molar-refractivity contribution in [2.45, 2.75) is 56.2 Å². The highest BCUT2D eigenvalue weighted by Crippen LogP contribution is 2.31. The zero-order chi connectivity index (χ0) is 15.1. The van der Waals surface area contributed by atoms with Gasteiger partial charge in [0.1, 0.15) is 0 Å². The number of nitrogens with one attached hydrogen (secondary N) is 1. The molecule has 1 N–H and O–H groups in total. The Morgan fingerprint density at radius 3 is 2.43 bits per heavy atom. The fraction of sp³-hybridized carbons (Fsp3) is 0.474. The van der Waals surface area contributed by atoms with Gasteiger partial charge in [0.05, 0.1) is 0 Å². The second kappa shape index (κ2) is 8.45. The zero-order valence-corrected chi connectivity index (χ0v) is 14.2. The predicted octanol–water partition coefficient (Wildman–Crippen LogP) is 5.49. The number of fused-ring (bicyclic) bond motifs is 1. The third-order valence-corrected chi connectivity index (χ3v) is 5.42. The second-order valence-corrected chi connectivity index (χ2v) is 6.84. The molecule has 0 aliphatic carbocycles. The lowest BCUT2D eigenvalue weighted by Crippen LogP contribution is -2.37. The van der Waals surface area contributed by atoms with Gasteiger partial charge in [0.2, 0.25) is 0 Å². The summed E-state index contributed by atoms with van der Waals surface area (Å²) in [7, 11) is 0. The molecule has 0 saturated heterocycles. The maximum atomic E-state index is 3.67. The topological polar surface area (TPSA) is 12.0 Å². The van der Waals surface area contributed by atoms with Crippen LogP contribution < -0.4 is 5.32 Å². The molecule has 2 aromatic carbocycles. The van der Waals surface area contributed by atoms with Crippen molar-refractivity contribution in [1.29, 1.82) is 0 Å². The summed E-state index contributed by atoms with van der Waals surface area (Å²) in [5, 5.41) is 6.98. The summed E-state index contributed by atoms with van der Waals surface area (Å²) in [6.45, 7) is 7.84. The molecule has 2 heteroatoms. The average Bonchev–Trinajstić information content (AvgIpc) is 2.52. The normalized spacial score (nSPS) is 14.2. The molecular weight excluding hydrogens is 274 g/mol. The minimum absolute atomic E-state index is 0.612. The number of hydrogen-bond donors (Lipinski definition) is 1. The van der Waals surface area contributed by atoms with E-state index in [1.54, 1.807) is 0 Å². The van der Waals surface area contributed by atoms with Gasteiger partial charge in [-0.1, -0.05) is 57.5 Å². The lowest BCUT2D eigenvalue weighted by molar-refractivity contribution is 0.465. The van der Waals surface area contributed by atoms with Gasteiger partial charge >= 0.3 is 0 Å². The van der Waals surface area contributed by atoms with Gasteiger partial charge < -0.3 is 5.32 Å². The van der Waals surface area contributed by atoms with Gasteiger partial charge in [-0.05, 0) is 42.3 Å². The van der Waals surface area contributed by atoms with E-state index in [1.807, 2.05) is 11.8 Å². The number of benzene rings is 2. The van der Waals surface area contributed by atoms with Crippen molar-refractivity contribution in [3.05, 3.63) is 42.5 Å². The Morgan fingerprint density at radius 2 is 1.76 bits per heavy atom. The summed E-state index contributed by atoms with van der Waals surface area (Å²) >= 11 is 2.03. The Morgan fingerprint density at radius 1 is 1.00 bits per heavy atom. The third-order valence-electron chi connectivity index (χ3n) is 3.93. The quantitative estimate of drug-likeness (QED) is 0.647. The molecule has 2 rings (SSSR count). The van der Waals surface area contributed by atoms with E-state index >= 15 is 0 Å². The molecule has 0 fully saturated rings. The van der Waals surface area contributed by atoms with Crippen LogP contribution in [0.1, 0.15) is 40.0 Å². The Hall–Kier alpha value is -0.990. The van der Waals surface area contributed by atoms with E-state index in [4.69, 9.17) is 0 Å². The van der Waals surface area contributed by atoms with E-state index in [0.717, 1.165) is 6.54 Å². The Kier molecular flexibility index (Phi) is 6.59. The average molecular weight is 301 g/mol. The van der Waals surface area contributed by atoms with Gasteiger partial charge in [0.25, 0.3) is 0 Å². The maximum Gasteiger partial charge on any atom is 0.0245 e. The predicted molar refractivity (Wildman–Crippen MR) is 96.3 cm³/mol. The smallest absolute Gasteiger partial charge is 0.0245 e. The van der Waals surface area contributed by atoms with Crippen LogP contribution in [0.5, 0.6) is 0 Å². The van der Waals surface area contributed by atoms with Crippen LogP contribution in [0, 0.1) is 0 Å². The van der Waals surface area contributed by atoms with Gasteiger partial charge in [-0.15, -0.1) is 11.8 Å². The summed E-state index contributed by atoms with van der Waals surface area (Å²) in [5.41, 5.74) is 0. The van der Waals surface area contributed by atoms with Crippen LogP contribution in [0.25, 0.3) is 10.8 Å². The van der Waals surface area contributed by atoms with E-state index in [-0.39, 0.29) is 0 Å². The van der Waals surface area contributed by atoms with Gasteiger partial charge in [-0.3, -0.25) is 0 Å². The minimum atomic E-state index is 0.612. The molecule has 2 unspecified atom stereocenters. The van der Waals surface area contributed by atoms with E-state index in [0.29, 0.717) is 11.3 Å². The molecular formula is C19H27NS. The van der Waals surface area contributed by atoms with Crippen LogP contribution in [-0.2, 0) is 0 Å². The number of hydrogen-bond acceptors (Lipinski definition) is 2. The summed E-state index contributed by atoms with van der Waals surface area (Å²) in [6.07, 6.45) is 3.70. The molecule has 2 atom stereocenters. The molecule has 114 valence electrons. The summed E-state index contributed by atoms with van der Waals surface area (Å²) in [6, 6.07) is 16.1. The van der Waals surface area contributed by atoms with Crippen molar-refractivity contribution in [2.75, 3.05) is 6.54 Å². The first-order valence-electron chi connectivity index (χ1n) is 8.17. The summed E-state index contributed by atoms with van der Waals surface area (Å²) in [4.78, 5) is 1.39. The van der Waals surface area contributed by atoms with Crippen LogP contribution in [0.2, 0.25) is 0 Å². The second-order valence-electron chi connectivity index (χ2n) is 5.53. The fourth-order valence-corrected chi connectivity index (χ4v) is 4.11. The Labute approximate surface area is 133 Å². The summed E-state index contributed by atoms with van der Waals surface area (Å²) in [5.74, 6) is 0. The molecule has 0 saturated carbocycles. The standard InChI is InChI=1S/C19H27NS/c1-4-9-18(20-6-3)19(5-2)21-17-13-12-15-10-7-8-11-16(15)14-17/h7-8,10-14,18-20H,4-6,9H2,1-3H3. The van der Waals surface area contributed by atoms with Crippen molar-refractivity contribution in [2.24, 2.45) is 0 Å². The van der Waals surface area contributed by atoms with E-state index in [1.165, 1.54) is 34.9 Å². The number of rotatable bonds is 8. The van der Waals surface area contributed by atoms with Crippen molar-refractivity contribution >= 4 is 22.5 Å². The number of thioether (sulfide) groups is 1. The van der Waals surface area contributed by atoms with Crippen molar-refractivity contribution in [3.8, 4) is 0 Å². The molecule has 21 heavy (non-hydrogen) atoms. The SMILES string of the molecule is CCCC(NCC)C(CC)Sc1ccc2ccccc2c1. The van der Waals surface area contributed by atoms with Crippen molar-refractivity contribution in [1.82, 2.24) is 5.32 Å². The molecule has 0 aliphatic heterocycles. The molecule has 0 spiro atoms. The molecule has 0 radical (unpaired) electrons. The van der Waals surface area contributed by atoms with Gasteiger partial charge in [0.15, 0.2) is 0 Å². The highest BCUT2D eigenvalue weighted by molar-refractivity contribution is 8.00. The lowest BCUT2D eigenvalue weighted by atomic mass is 10.1. The molecule has 2 aromatic rings. The fourth-order valence-electron chi connectivity index (χ4n) is 2.86. The highest BCUT2D eigenvalue weighted by Gasteiger charge is 2.19. The van der Waals surface area contributed by atoms with Crippen LogP contribution >= 0.6 is 11.8 Å².